The fourth-order valence-electron chi connectivity index (χ4n) is 3.88. The molecule has 5 rings (SSSR count). The summed E-state index contributed by atoms with van der Waals surface area (Å²) in [5, 5.41) is 8.70. The Labute approximate surface area is 180 Å². The van der Waals surface area contributed by atoms with Crippen LogP contribution >= 0.6 is 0 Å². The van der Waals surface area contributed by atoms with Gasteiger partial charge in [-0.1, -0.05) is 6.07 Å². The summed E-state index contributed by atoms with van der Waals surface area (Å²) >= 11 is 0. The molecule has 4 heterocycles. The SMILES string of the molecule is CN1CCN(c2cncc(-c3ccc(N)c(C(=N)c4nc5ccncc5[nH]4)c3)c2)CC1. The number of piperazine rings is 1. The molecule has 8 heteroatoms. The first-order chi connectivity index (χ1) is 15.1. The van der Waals surface area contributed by atoms with Crippen LogP contribution in [0.3, 0.4) is 0 Å². The number of pyridine rings is 2. The zero-order valence-corrected chi connectivity index (χ0v) is 17.3. The Morgan fingerprint density at radius 3 is 2.65 bits per heavy atom. The summed E-state index contributed by atoms with van der Waals surface area (Å²) in [5.74, 6) is 0.469. The number of aromatic amines is 1. The van der Waals surface area contributed by atoms with Gasteiger partial charge in [-0.2, -0.15) is 0 Å². The number of aromatic nitrogens is 4. The van der Waals surface area contributed by atoms with E-state index in [2.05, 4.69) is 42.8 Å². The first-order valence-corrected chi connectivity index (χ1v) is 10.3. The van der Waals surface area contributed by atoms with Crippen LogP contribution in [0.5, 0.6) is 0 Å². The third kappa shape index (κ3) is 3.73. The highest BCUT2D eigenvalue weighted by Gasteiger charge is 2.17. The first-order valence-electron chi connectivity index (χ1n) is 10.3. The van der Waals surface area contributed by atoms with E-state index >= 15 is 0 Å². The number of nitrogen functional groups attached to an aromatic ring is 1. The third-order valence-corrected chi connectivity index (χ3v) is 5.77. The number of nitrogens with one attached hydrogen (secondary N) is 2. The van der Waals surface area contributed by atoms with Crippen molar-refractivity contribution in [3.8, 4) is 11.1 Å². The summed E-state index contributed by atoms with van der Waals surface area (Å²) < 4.78 is 0. The number of fused-ring (bicyclic) bond motifs is 1. The monoisotopic (exact) mass is 412 g/mol. The second-order valence-corrected chi connectivity index (χ2v) is 7.88. The zero-order valence-electron chi connectivity index (χ0n) is 17.3. The van der Waals surface area contributed by atoms with Gasteiger partial charge < -0.3 is 20.5 Å². The van der Waals surface area contributed by atoms with Crippen molar-refractivity contribution in [1.82, 2.24) is 24.8 Å². The molecule has 1 aliphatic heterocycles. The van der Waals surface area contributed by atoms with Crippen molar-refractivity contribution in [2.24, 2.45) is 0 Å². The normalized spacial score (nSPS) is 14.8. The van der Waals surface area contributed by atoms with Crippen LogP contribution in [0.4, 0.5) is 11.4 Å². The van der Waals surface area contributed by atoms with Gasteiger partial charge in [-0.15, -0.1) is 0 Å². The molecule has 0 aliphatic carbocycles. The van der Waals surface area contributed by atoms with E-state index < -0.39 is 0 Å². The Balaban J connectivity index is 1.47. The van der Waals surface area contributed by atoms with E-state index in [1.54, 1.807) is 12.4 Å². The van der Waals surface area contributed by atoms with Crippen LogP contribution in [0.2, 0.25) is 0 Å². The third-order valence-electron chi connectivity index (χ3n) is 5.77. The molecule has 4 aromatic rings. The Bertz CT molecular complexity index is 1220. The number of hydrogen-bond donors (Lipinski definition) is 3. The molecule has 4 N–H and O–H groups in total. The quantitative estimate of drug-likeness (QED) is 0.351. The van der Waals surface area contributed by atoms with Crippen molar-refractivity contribution in [3.63, 3.8) is 0 Å². The molecule has 0 radical (unpaired) electrons. The van der Waals surface area contributed by atoms with E-state index in [0.29, 0.717) is 17.1 Å². The summed E-state index contributed by atoms with van der Waals surface area (Å²) in [6, 6.07) is 9.72. The smallest absolute Gasteiger partial charge is 0.157 e. The molecule has 0 bridgehead atoms. The number of anilines is 2. The lowest BCUT2D eigenvalue weighted by atomic mass is 10.00. The van der Waals surface area contributed by atoms with Gasteiger partial charge in [0.15, 0.2) is 5.82 Å². The van der Waals surface area contributed by atoms with Gasteiger partial charge in [0, 0.05) is 55.4 Å². The van der Waals surface area contributed by atoms with Crippen molar-refractivity contribution < 1.29 is 0 Å². The topological polar surface area (TPSA) is 111 Å². The maximum Gasteiger partial charge on any atom is 0.157 e. The number of nitrogens with two attached hydrogens (primary N) is 1. The second kappa shape index (κ2) is 7.81. The summed E-state index contributed by atoms with van der Waals surface area (Å²) in [6.45, 7) is 4.06. The van der Waals surface area contributed by atoms with Crippen LogP contribution in [-0.2, 0) is 0 Å². The predicted molar refractivity (Wildman–Crippen MR) is 124 cm³/mol. The Kier molecular flexibility index (Phi) is 4.83. The van der Waals surface area contributed by atoms with Crippen LogP contribution in [0.15, 0.2) is 55.1 Å². The van der Waals surface area contributed by atoms with Crippen LogP contribution < -0.4 is 10.6 Å². The molecule has 1 aliphatic rings. The van der Waals surface area contributed by atoms with Gasteiger partial charge in [-0.3, -0.25) is 15.4 Å². The molecule has 0 unspecified atom stereocenters. The van der Waals surface area contributed by atoms with Gasteiger partial charge in [0.25, 0.3) is 0 Å². The maximum atomic E-state index is 8.70. The van der Waals surface area contributed by atoms with E-state index in [0.717, 1.165) is 54.0 Å². The average molecular weight is 413 g/mol. The summed E-state index contributed by atoms with van der Waals surface area (Å²) in [5.41, 5.74) is 12.3. The molecule has 1 fully saturated rings. The number of rotatable bonds is 4. The highest BCUT2D eigenvalue weighted by molar-refractivity contribution is 6.13. The zero-order chi connectivity index (χ0) is 21.4. The predicted octanol–water partition coefficient (Wildman–Crippen LogP) is 2.77. The lowest BCUT2D eigenvalue weighted by Gasteiger charge is -2.34. The molecule has 1 aromatic carbocycles. The molecule has 0 spiro atoms. The van der Waals surface area contributed by atoms with Crippen LogP contribution in [0, 0.1) is 5.41 Å². The highest BCUT2D eigenvalue weighted by atomic mass is 15.2. The lowest BCUT2D eigenvalue weighted by molar-refractivity contribution is 0.313. The van der Waals surface area contributed by atoms with Gasteiger partial charge in [-0.25, -0.2) is 4.98 Å². The summed E-state index contributed by atoms with van der Waals surface area (Å²) in [4.78, 5) is 20.9. The Hall–Kier alpha value is -3.78. The van der Waals surface area contributed by atoms with Crippen LogP contribution in [0.25, 0.3) is 22.2 Å². The van der Waals surface area contributed by atoms with Crippen LogP contribution in [-0.4, -0.2) is 63.8 Å². The average Bonchev–Trinajstić information content (AvgIpc) is 3.24. The fraction of sp³-hybridized carbons (Fsp3) is 0.217. The van der Waals surface area contributed by atoms with E-state index in [-0.39, 0.29) is 5.71 Å². The highest BCUT2D eigenvalue weighted by Crippen LogP contribution is 2.28. The Morgan fingerprint density at radius 2 is 1.84 bits per heavy atom. The number of H-pyrrole nitrogens is 1. The molecule has 0 atom stereocenters. The molecule has 156 valence electrons. The number of imidazole rings is 1. The number of benzene rings is 1. The summed E-state index contributed by atoms with van der Waals surface area (Å²) in [7, 11) is 2.15. The molecule has 0 saturated carbocycles. The first kappa shape index (κ1) is 19.2. The van der Waals surface area contributed by atoms with Gasteiger partial charge >= 0.3 is 0 Å². The van der Waals surface area contributed by atoms with Crippen LogP contribution in [0.1, 0.15) is 11.4 Å². The molecule has 8 nitrogen and oxygen atoms in total. The number of nitrogens with zero attached hydrogens (tertiary/aromatic N) is 5. The second-order valence-electron chi connectivity index (χ2n) is 7.88. The molecule has 1 saturated heterocycles. The van der Waals surface area contributed by atoms with Crippen molar-refractivity contribution in [1.29, 1.82) is 5.41 Å². The Morgan fingerprint density at radius 1 is 1.00 bits per heavy atom. The molecule has 31 heavy (non-hydrogen) atoms. The van der Waals surface area contributed by atoms with Crippen molar-refractivity contribution in [3.05, 3.63) is 66.5 Å². The molecule has 0 amide bonds. The standard InChI is InChI=1S/C23H24N8/c1-30-6-8-31(9-7-30)17-10-16(12-27-13-17)15-2-3-19(24)18(11-15)22(25)23-28-20-4-5-26-14-21(20)29-23/h2-5,10-14,25H,6-9,24H2,1H3,(H,28,29). The minimum atomic E-state index is 0.249. The van der Waals surface area contributed by atoms with Crippen molar-refractivity contribution >= 4 is 28.1 Å². The van der Waals surface area contributed by atoms with E-state index in [1.807, 2.05) is 36.7 Å². The van der Waals surface area contributed by atoms with Gasteiger partial charge in [0.1, 0.15) is 5.71 Å². The molecule has 3 aromatic heterocycles. The molecular weight excluding hydrogens is 388 g/mol. The molecular formula is C23H24N8. The van der Waals surface area contributed by atoms with E-state index in [9.17, 15) is 0 Å². The van der Waals surface area contributed by atoms with Gasteiger partial charge in [0.05, 0.1) is 29.1 Å². The maximum absolute atomic E-state index is 8.70. The fourth-order valence-corrected chi connectivity index (χ4v) is 3.88. The summed E-state index contributed by atoms with van der Waals surface area (Å²) in [6.07, 6.45) is 7.16. The van der Waals surface area contributed by atoms with Gasteiger partial charge in [0.2, 0.25) is 0 Å². The lowest BCUT2D eigenvalue weighted by Crippen LogP contribution is -2.44. The van der Waals surface area contributed by atoms with E-state index in [1.165, 1.54) is 0 Å². The van der Waals surface area contributed by atoms with E-state index in [4.69, 9.17) is 11.1 Å². The van der Waals surface area contributed by atoms with Crippen molar-refractivity contribution in [2.45, 2.75) is 0 Å². The van der Waals surface area contributed by atoms with Crippen molar-refractivity contribution in [2.75, 3.05) is 43.9 Å². The minimum Gasteiger partial charge on any atom is -0.398 e. The largest absolute Gasteiger partial charge is 0.398 e. The minimum absolute atomic E-state index is 0.249. The van der Waals surface area contributed by atoms with Gasteiger partial charge in [-0.05, 0) is 36.9 Å². The number of hydrogen-bond acceptors (Lipinski definition) is 7. The number of likely N-dealkylation sites (N-methyl/N-ethyl adjacent to an activating group) is 1.